The van der Waals surface area contributed by atoms with Gasteiger partial charge >= 0.3 is 7.12 Å². The molecule has 2 nitrogen and oxygen atoms in total. The van der Waals surface area contributed by atoms with E-state index in [0.717, 1.165) is 25.7 Å². The van der Waals surface area contributed by atoms with Crippen molar-refractivity contribution < 1.29 is 9.31 Å². The van der Waals surface area contributed by atoms with Crippen LogP contribution in [-0.4, -0.2) is 18.3 Å². The minimum Gasteiger partial charge on any atom is -0.400 e. The Morgan fingerprint density at radius 2 is 1.23 bits per heavy atom. The van der Waals surface area contributed by atoms with E-state index in [1.807, 2.05) is 0 Å². The van der Waals surface area contributed by atoms with Crippen LogP contribution >= 0.6 is 22.6 Å². The molecule has 0 spiro atoms. The Morgan fingerprint density at radius 1 is 0.773 bits per heavy atom. The maximum atomic E-state index is 6.30. The zero-order valence-corrected chi connectivity index (χ0v) is 17.8. The number of hydrogen-bond donors (Lipinski definition) is 0. The lowest BCUT2D eigenvalue weighted by molar-refractivity contribution is 0.00578. The number of rotatable bonds is 6. The van der Waals surface area contributed by atoms with Gasteiger partial charge in [0.1, 0.15) is 0 Å². The van der Waals surface area contributed by atoms with Gasteiger partial charge < -0.3 is 9.31 Å². The van der Waals surface area contributed by atoms with Gasteiger partial charge in [-0.25, -0.2) is 0 Å². The first kappa shape index (κ1) is 20.2. The lowest BCUT2D eigenvalue weighted by Gasteiger charge is -2.32. The molecule has 0 N–H and O–H groups in total. The topological polar surface area (TPSA) is 18.5 Å². The highest BCUT2D eigenvalue weighted by Crippen LogP contribution is 2.41. The molecule has 0 aromatic heterocycles. The number of allylic oxidation sites excluding steroid dienone is 4. The smallest absolute Gasteiger partial charge is 0.400 e. The Hall–Kier alpha value is 0.195. The molecule has 1 fully saturated rings. The van der Waals surface area contributed by atoms with Crippen molar-refractivity contribution in [2.75, 3.05) is 0 Å². The third kappa shape index (κ3) is 3.99. The summed E-state index contributed by atoms with van der Waals surface area (Å²) in [4.78, 5) is 0. The summed E-state index contributed by atoms with van der Waals surface area (Å²) >= 11 is 2.50. The van der Waals surface area contributed by atoms with Crippen molar-refractivity contribution >= 4 is 29.7 Å². The van der Waals surface area contributed by atoms with E-state index in [1.54, 1.807) is 0 Å². The van der Waals surface area contributed by atoms with Gasteiger partial charge in [0, 0.05) is 0 Å². The van der Waals surface area contributed by atoms with Gasteiger partial charge in [-0.1, -0.05) is 27.7 Å². The summed E-state index contributed by atoms with van der Waals surface area (Å²) in [5.74, 6) is 0. The van der Waals surface area contributed by atoms with Crippen molar-refractivity contribution in [2.45, 2.75) is 92.3 Å². The standard InChI is InChI=1S/C18H32BIO2/c1-9-13(14(10-2)16(20)12-4)15(11-3)19-21-17(5,6)18(7,8)22-19/h9-12H2,1-8H3/b15-13-,16-14-. The van der Waals surface area contributed by atoms with Crippen LogP contribution in [0.25, 0.3) is 0 Å². The molecule has 0 aromatic carbocycles. The van der Waals surface area contributed by atoms with E-state index in [9.17, 15) is 0 Å². The minimum atomic E-state index is -0.273. The van der Waals surface area contributed by atoms with E-state index in [0.29, 0.717) is 0 Å². The molecule has 1 rings (SSSR count). The van der Waals surface area contributed by atoms with Crippen molar-refractivity contribution in [2.24, 2.45) is 0 Å². The van der Waals surface area contributed by atoms with E-state index in [2.05, 4.69) is 78.0 Å². The van der Waals surface area contributed by atoms with Crippen LogP contribution < -0.4 is 0 Å². The van der Waals surface area contributed by atoms with E-state index in [-0.39, 0.29) is 18.3 Å². The zero-order valence-electron chi connectivity index (χ0n) is 15.6. The van der Waals surface area contributed by atoms with Crippen molar-refractivity contribution in [1.82, 2.24) is 0 Å². The summed E-state index contributed by atoms with van der Waals surface area (Å²) < 4.78 is 14.1. The largest absolute Gasteiger partial charge is 0.490 e. The maximum Gasteiger partial charge on any atom is 0.490 e. The van der Waals surface area contributed by atoms with Crippen molar-refractivity contribution in [1.29, 1.82) is 0 Å². The maximum absolute atomic E-state index is 6.30. The summed E-state index contributed by atoms with van der Waals surface area (Å²) in [6, 6.07) is 0. The predicted molar refractivity (Wildman–Crippen MR) is 105 cm³/mol. The Balaban J connectivity index is 3.33. The molecule has 0 unspecified atom stereocenters. The normalized spacial score (nSPS) is 22.5. The molecule has 0 bridgehead atoms. The Kier molecular flexibility index (Phi) is 7.22. The highest BCUT2D eigenvalue weighted by Gasteiger charge is 2.52. The quantitative estimate of drug-likeness (QED) is 0.289. The second kappa shape index (κ2) is 7.84. The van der Waals surface area contributed by atoms with Crippen molar-refractivity contribution in [3.63, 3.8) is 0 Å². The van der Waals surface area contributed by atoms with Crippen LogP contribution in [0.3, 0.4) is 0 Å². The molecule has 0 aliphatic carbocycles. The second-order valence-electron chi connectivity index (χ2n) is 6.89. The molecule has 1 aliphatic heterocycles. The van der Waals surface area contributed by atoms with Crippen molar-refractivity contribution in [3.8, 4) is 0 Å². The highest BCUT2D eigenvalue weighted by molar-refractivity contribution is 14.1. The minimum absolute atomic E-state index is 0.215. The molecule has 0 amide bonds. The van der Waals surface area contributed by atoms with Gasteiger partial charge in [0.15, 0.2) is 0 Å². The molecule has 126 valence electrons. The molecule has 0 atom stereocenters. The molecular formula is C18H32BIO2. The second-order valence-corrected chi connectivity index (χ2v) is 8.19. The molecule has 0 saturated carbocycles. The lowest BCUT2D eigenvalue weighted by Crippen LogP contribution is -2.41. The Labute approximate surface area is 151 Å². The Bertz CT molecular complexity index is 448. The molecule has 4 heteroatoms. The Morgan fingerprint density at radius 3 is 1.55 bits per heavy atom. The van der Waals surface area contributed by atoms with E-state index >= 15 is 0 Å². The first-order chi connectivity index (χ1) is 10.1. The summed E-state index contributed by atoms with van der Waals surface area (Å²) in [7, 11) is -0.215. The SMILES string of the molecule is CC/C(I)=C(CC)/C(CC)=C(/CC)B1OC(C)(C)C(C)(C)O1. The van der Waals surface area contributed by atoms with Crippen LogP contribution in [-0.2, 0) is 9.31 Å². The highest BCUT2D eigenvalue weighted by atomic mass is 127. The third-order valence-electron chi connectivity index (χ3n) is 5.02. The van der Waals surface area contributed by atoms with Crippen LogP contribution in [0.5, 0.6) is 0 Å². The zero-order chi connectivity index (χ0) is 17.1. The van der Waals surface area contributed by atoms with Gasteiger partial charge in [-0.2, -0.15) is 0 Å². The fourth-order valence-electron chi connectivity index (χ4n) is 2.92. The van der Waals surface area contributed by atoms with Gasteiger partial charge in [-0.05, 0) is 96.2 Å². The van der Waals surface area contributed by atoms with Gasteiger partial charge in [0.05, 0.1) is 11.2 Å². The lowest BCUT2D eigenvalue weighted by atomic mass is 9.71. The van der Waals surface area contributed by atoms with E-state index in [1.165, 1.54) is 20.2 Å². The number of halogens is 1. The van der Waals surface area contributed by atoms with Crippen LogP contribution in [0, 0.1) is 0 Å². The van der Waals surface area contributed by atoms with Crippen LogP contribution in [0.4, 0.5) is 0 Å². The molecule has 1 saturated heterocycles. The molecule has 22 heavy (non-hydrogen) atoms. The van der Waals surface area contributed by atoms with Crippen LogP contribution in [0.1, 0.15) is 81.1 Å². The fourth-order valence-corrected chi connectivity index (χ4v) is 3.63. The average molecular weight is 418 g/mol. The average Bonchev–Trinajstić information content (AvgIpc) is 2.66. The number of hydrogen-bond acceptors (Lipinski definition) is 2. The summed E-state index contributed by atoms with van der Waals surface area (Å²) in [6.45, 7) is 17.4. The van der Waals surface area contributed by atoms with Gasteiger partial charge in [0.25, 0.3) is 0 Å². The first-order valence-corrected chi connectivity index (χ1v) is 9.68. The predicted octanol–water partition coefficient (Wildman–Crippen LogP) is 6.24. The molecule has 0 aromatic rings. The first-order valence-electron chi connectivity index (χ1n) is 8.60. The van der Waals surface area contributed by atoms with E-state index < -0.39 is 0 Å². The van der Waals surface area contributed by atoms with Crippen LogP contribution in [0.2, 0.25) is 0 Å². The molecule has 1 heterocycles. The van der Waals surface area contributed by atoms with Gasteiger partial charge in [-0.3, -0.25) is 0 Å². The van der Waals surface area contributed by atoms with Crippen molar-refractivity contribution in [3.05, 3.63) is 20.2 Å². The van der Waals surface area contributed by atoms with Crippen LogP contribution in [0.15, 0.2) is 20.2 Å². The third-order valence-corrected chi connectivity index (χ3v) is 6.43. The summed E-state index contributed by atoms with van der Waals surface area (Å²) in [6.07, 6.45) is 4.16. The fraction of sp³-hybridized carbons (Fsp3) is 0.778. The molecule has 0 radical (unpaired) electrons. The summed E-state index contributed by atoms with van der Waals surface area (Å²) in [5, 5.41) is 0. The van der Waals surface area contributed by atoms with Gasteiger partial charge in [0.2, 0.25) is 0 Å². The summed E-state index contributed by atoms with van der Waals surface area (Å²) in [5.41, 5.74) is 3.70. The van der Waals surface area contributed by atoms with Gasteiger partial charge in [-0.15, -0.1) is 0 Å². The molecule has 1 aliphatic rings. The van der Waals surface area contributed by atoms with E-state index in [4.69, 9.17) is 9.31 Å². The molecular weight excluding hydrogens is 386 g/mol. The monoisotopic (exact) mass is 418 g/mol.